The second-order valence-electron chi connectivity index (χ2n) is 6.75. The average Bonchev–Trinajstić information content (AvgIpc) is 2.16. The van der Waals surface area contributed by atoms with E-state index < -0.39 is 0 Å². The summed E-state index contributed by atoms with van der Waals surface area (Å²) in [6, 6.07) is 0. The third-order valence-electron chi connectivity index (χ3n) is 3.33. The Bertz CT molecular complexity index is 207. The van der Waals surface area contributed by atoms with Crippen molar-refractivity contribution in [2.75, 3.05) is 13.2 Å². The monoisotopic (exact) mass is 228 g/mol. The van der Waals surface area contributed by atoms with Crippen LogP contribution in [0.4, 0.5) is 0 Å². The molecule has 0 aromatic carbocycles. The predicted molar refractivity (Wildman–Crippen MR) is 67.3 cm³/mol. The molecule has 96 valence electrons. The molecule has 0 saturated carbocycles. The van der Waals surface area contributed by atoms with Gasteiger partial charge in [0, 0.05) is 18.3 Å². The minimum atomic E-state index is -0.334. The minimum Gasteiger partial charge on any atom is -0.349 e. The van der Waals surface area contributed by atoms with E-state index in [0.29, 0.717) is 17.3 Å². The van der Waals surface area contributed by atoms with E-state index in [1.165, 1.54) is 0 Å². The molecule has 0 radical (unpaired) electrons. The summed E-state index contributed by atoms with van der Waals surface area (Å²) in [6.07, 6.45) is 2.14. The highest BCUT2D eigenvalue weighted by Crippen LogP contribution is 2.36. The summed E-state index contributed by atoms with van der Waals surface area (Å²) < 4.78 is 12.0. The molecule has 1 aliphatic rings. The van der Waals surface area contributed by atoms with Gasteiger partial charge in [-0.25, -0.2) is 0 Å². The van der Waals surface area contributed by atoms with Crippen molar-refractivity contribution in [3.05, 3.63) is 0 Å². The number of rotatable bonds is 3. The van der Waals surface area contributed by atoms with Gasteiger partial charge >= 0.3 is 0 Å². The van der Waals surface area contributed by atoms with E-state index in [1.807, 2.05) is 0 Å². The van der Waals surface area contributed by atoms with Gasteiger partial charge < -0.3 is 9.47 Å². The van der Waals surface area contributed by atoms with E-state index >= 15 is 0 Å². The van der Waals surface area contributed by atoms with Crippen LogP contribution in [-0.2, 0) is 9.47 Å². The average molecular weight is 228 g/mol. The van der Waals surface area contributed by atoms with Gasteiger partial charge in [0.2, 0.25) is 0 Å². The van der Waals surface area contributed by atoms with Crippen molar-refractivity contribution in [1.82, 2.24) is 0 Å². The maximum Gasteiger partial charge on any atom is 0.170 e. The fourth-order valence-electron chi connectivity index (χ4n) is 1.97. The Morgan fingerprint density at radius 3 is 2.06 bits per heavy atom. The predicted octanol–water partition coefficient (Wildman–Crippen LogP) is 3.85. The van der Waals surface area contributed by atoms with Crippen LogP contribution in [0.1, 0.15) is 54.4 Å². The number of hydrogen-bond acceptors (Lipinski definition) is 2. The molecule has 1 heterocycles. The molecule has 0 aromatic heterocycles. The molecule has 0 N–H and O–H groups in total. The van der Waals surface area contributed by atoms with Crippen molar-refractivity contribution >= 4 is 0 Å². The van der Waals surface area contributed by atoms with Crippen LogP contribution in [-0.4, -0.2) is 19.0 Å². The Labute approximate surface area is 101 Å². The quantitative estimate of drug-likeness (QED) is 0.730. The lowest BCUT2D eigenvalue weighted by Gasteiger charge is -2.43. The van der Waals surface area contributed by atoms with E-state index in [2.05, 4.69) is 41.5 Å². The lowest BCUT2D eigenvalue weighted by molar-refractivity contribution is -0.306. The molecule has 0 bridgehead atoms. The van der Waals surface area contributed by atoms with Crippen molar-refractivity contribution < 1.29 is 9.47 Å². The summed E-state index contributed by atoms with van der Waals surface area (Å²) in [5, 5.41) is 0. The van der Waals surface area contributed by atoms with Gasteiger partial charge in [-0.05, 0) is 11.8 Å². The van der Waals surface area contributed by atoms with Crippen LogP contribution < -0.4 is 0 Å². The highest BCUT2D eigenvalue weighted by Gasteiger charge is 2.40. The maximum absolute atomic E-state index is 6.01. The first-order valence-corrected chi connectivity index (χ1v) is 6.53. The minimum absolute atomic E-state index is 0.334. The van der Waals surface area contributed by atoms with Gasteiger partial charge in [-0.3, -0.25) is 0 Å². The molecule has 1 saturated heterocycles. The Hall–Kier alpha value is -0.0800. The van der Waals surface area contributed by atoms with Crippen molar-refractivity contribution in [3.8, 4) is 0 Å². The summed E-state index contributed by atoms with van der Waals surface area (Å²) in [4.78, 5) is 0. The lowest BCUT2D eigenvalue weighted by atomic mass is 9.85. The number of ether oxygens (including phenoxy) is 2. The molecular formula is C14H28O2. The summed E-state index contributed by atoms with van der Waals surface area (Å²) in [5.41, 5.74) is 0.345. The zero-order valence-corrected chi connectivity index (χ0v) is 11.8. The van der Waals surface area contributed by atoms with E-state index in [0.717, 1.165) is 26.1 Å². The van der Waals surface area contributed by atoms with Crippen LogP contribution in [0, 0.1) is 17.3 Å². The van der Waals surface area contributed by atoms with Crippen molar-refractivity contribution in [3.63, 3.8) is 0 Å². The molecule has 2 heteroatoms. The second kappa shape index (κ2) is 5.05. The molecular weight excluding hydrogens is 200 g/mol. The normalized spacial score (nSPS) is 32.1. The van der Waals surface area contributed by atoms with Gasteiger partial charge in [0.15, 0.2) is 5.79 Å². The van der Waals surface area contributed by atoms with Crippen molar-refractivity contribution in [2.45, 2.75) is 60.2 Å². The Morgan fingerprint density at radius 1 is 1.19 bits per heavy atom. The molecule has 0 unspecified atom stereocenters. The van der Waals surface area contributed by atoms with E-state index in [4.69, 9.17) is 9.47 Å². The van der Waals surface area contributed by atoms with Crippen LogP contribution in [0.2, 0.25) is 0 Å². The molecule has 1 fully saturated rings. The third kappa shape index (κ3) is 3.74. The van der Waals surface area contributed by atoms with Crippen LogP contribution in [0.5, 0.6) is 0 Å². The van der Waals surface area contributed by atoms with E-state index in [9.17, 15) is 0 Å². The van der Waals surface area contributed by atoms with Gasteiger partial charge in [-0.15, -0.1) is 0 Å². The van der Waals surface area contributed by atoms with Crippen molar-refractivity contribution in [1.29, 1.82) is 0 Å². The summed E-state index contributed by atoms with van der Waals surface area (Å²) in [5.74, 6) is 0.614. The highest BCUT2D eigenvalue weighted by atomic mass is 16.7. The molecule has 1 rings (SSSR count). The smallest absolute Gasteiger partial charge is 0.170 e. The fraction of sp³-hybridized carbons (Fsp3) is 1.00. The van der Waals surface area contributed by atoms with Crippen LogP contribution in [0.15, 0.2) is 0 Å². The first kappa shape index (κ1) is 14.0. The van der Waals surface area contributed by atoms with E-state index in [1.54, 1.807) is 0 Å². The SMILES string of the molecule is CC1COC(CCC(C)(C)C)(C(C)C)OC1. The lowest BCUT2D eigenvalue weighted by Crippen LogP contribution is -2.48. The fourth-order valence-corrected chi connectivity index (χ4v) is 1.97. The first-order chi connectivity index (χ1) is 7.25. The standard InChI is InChI=1S/C14H28O2/c1-11(2)14(8-7-13(4,5)6)15-9-12(3)10-16-14/h11-12H,7-10H2,1-6H3. The largest absolute Gasteiger partial charge is 0.349 e. The van der Waals surface area contributed by atoms with Crippen LogP contribution in [0.25, 0.3) is 0 Å². The zero-order valence-electron chi connectivity index (χ0n) is 11.8. The van der Waals surface area contributed by atoms with Crippen LogP contribution >= 0.6 is 0 Å². The van der Waals surface area contributed by atoms with E-state index in [-0.39, 0.29) is 5.79 Å². The molecule has 16 heavy (non-hydrogen) atoms. The molecule has 1 aliphatic heterocycles. The van der Waals surface area contributed by atoms with Gasteiger partial charge in [0.05, 0.1) is 13.2 Å². The zero-order chi connectivity index (χ0) is 12.4. The summed E-state index contributed by atoms with van der Waals surface area (Å²) in [7, 11) is 0. The third-order valence-corrected chi connectivity index (χ3v) is 3.33. The van der Waals surface area contributed by atoms with Crippen molar-refractivity contribution in [2.24, 2.45) is 17.3 Å². The highest BCUT2D eigenvalue weighted by molar-refractivity contribution is 4.80. The Morgan fingerprint density at radius 2 is 1.69 bits per heavy atom. The Kier molecular flexibility index (Phi) is 4.42. The molecule has 0 atom stereocenters. The molecule has 0 aromatic rings. The van der Waals surface area contributed by atoms with Crippen LogP contribution in [0.3, 0.4) is 0 Å². The number of hydrogen-bond donors (Lipinski definition) is 0. The molecule has 2 nitrogen and oxygen atoms in total. The van der Waals surface area contributed by atoms with Gasteiger partial charge in [0.1, 0.15) is 0 Å². The molecule has 0 amide bonds. The topological polar surface area (TPSA) is 18.5 Å². The maximum atomic E-state index is 6.01. The second-order valence-corrected chi connectivity index (χ2v) is 6.75. The molecule has 0 aliphatic carbocycles. The van der Waals surface area contributed by atoms with Gasteiger partial charge in [-0.2, -0.15) is 0 Å². The van der Waals surface area contributed by atoms with Gasteiger partial charge in [-0.1, -0.05) is 41.5 Å². The summed E-state index contributed by atoms with van der Waals surface area (Å²) >= 11 is 0. The first-order valence-electron chi connectivity index (χ1n) is 6.53. The van der Waals surface area contributed by atoms with Gasteiger partial charge in [0.25, 0.3) is 0 Å². The summed E-state index contributed by atoms with van der Waals surface area (Å²) in [6.45, 7) is 15.0. The molecule has 0 spiro atoms. The Balaban J connectivity index is 2.60.